The molecule has 27 heavy (non-hydrogen) atoms. The van der Waals surface area contributed by atoms with Crippen LogP contribution in [0.4, 0.5) is 11.5 Å². The Bertz CT molecular complexity index is 850. The van der Waals surface area contributed by atoms with Gasteiger partial charge in [0.2, 0.25) is 5.91 Å². The van der Waals surface area contributed by atoms with Crippen LogP contribution in [0.2, 0.25) is 0 Å². The number of nitrogens with zero attached hydrogens (tertiary/aromatic N) is 3. The molecule has 1 atom stereocenters. The van der Waals surface area contributed by atoms with E-state index < -0.39 is 0 Å². The molecule has 2 amide bonds. The lowest BCUT2D eigenvalue weighted by molar-refractivity contribution is -0.129. The average molecular weight is 364 g/mol. The van der Waals surface area contributed by atoms with Crippen molar-refractivity contribution in [2.24, 2.45) is 0 Å². The molecule has 1 aromatic heterocycles. The zero-order valence-electron chi connectivity index (χ0n) is 15.5. The number of carbonyl (C=O) groups is 2. The summed E-state index contributed by atoms with van der Waals surface area (Å²) in [7, 11) is 0. The van der Waals surface area contributed by atoms with Crippen molar-refractivity contribution in [3.63, 3.8) is 0 Å². The smallest absolute Gasteiger partial charge is 0.259 e. The fraction of sp³-hybridized carbons (Fsp3) is 0.381. The van der Waals surface area contributed by atoms with Gasteiger partial charge in [-0.15, -0.1) is 0 Å². The third-order valence-corrected chi connectivity index (χ3v) is 5.34. The summed E-state index contributed by atoms with van der Waals surface area (Å²) in [5, 5.41) is 3.37. The molecule has 0 saturated carbocycles. The quantitative estimate of drug-likeness (QED) is 0.906. The zero-order chi connectivity index (χ0) is 18.8. The van der Waals surface area contributed by atoms with E-state index >= 15 is 0 Å². The first-order valence-corrected chi connectivity index (χ1v) is 9.56. The number of likely N-dealkylation sites (tertiary alicyclic amines) is 1. The molecule has 3 heterocycles. The highest BCUT2D eigenvalue weighted by atomic mass is 16.2. The van der Waals surface area contributed by atoms with Crippen LogP contribution in [0.3, 0.4) is 0 Å². The lowest BCUT2D eigenvalue weighted by Crippen LogP contribution is -2.31. The molecule has 4 rings (SSSR count). The molecule has 1 fully saturated rings. The molecule has 0 radical (unpaired) electrons. The molecular formula is C21H24N4O2. The first-order valence-electron chi connectivity index (χ1n) is 9.56. The number of hydrogen-bond donors (Lipinski definition) is 1. The summed E-state index contributed by atoms with van der Waals surface area (Å²) >= 11 is 0. The Morgan fingerprint density at radius 1 is 1.19 bits per heavy atom. The number of nitrogens with one attached hydrogen (secondary N) is 1. The number of fused-ring (bicyclic) bond motifs is 1. The summed E-state index contributed by atoms with van der Waals surface area (Å²) in [4.78, 5) is 32.8. The van der Waals surface area contributed by atoms with E-state index in [0.29, 0.717) is 25.1 Å². The van der Waals surface area contributed by atoms with Gasteiger partial charge < -0.3 is 15.1 Å². The second kappa shape index (κ2) is 7.39. The van der Waals surface area contributed by atoms with Crippen LogP contribution in [0.5, 0.6) is 0 Å². The van der Waals surface area contributed by atoms with E-state index in [2.05, 4.69) is 16.4 Å². The SMILES string of the molecule is CCC(=O)N1CCC(Nc2ccc(C(=O)N3CCc4ccccc43)cn2)C1. The lowest BCUT2D eigenvalue weighted by atomic mass is 10.2. The first kappa shape index (κ1) is 17.5. The van der Waals surface area contributed by atoms with Crippen molar-refractivity contribution in [1.82, 2.24) is 9.88 Å². The van der Waals surface area contributed by atoms with Gasteiger partial charge in [-0.1, -0.05) is 25.1 Å². The standard InChI is InChI=1S/C21H24N4O2/c1-2-20(26)24-11-10-17(14-24)23-19-8-7-16(13-22-19)21(27)25-12-9-15-5-3-4-6-18(15)25/h3-8,13,17H,2,9-12,14H2,1H3,(H,22,23). The largest absolute Gasteiger partial charge is 0.365 e. The van der Waals surface area contributed by atoms with Gasteiger partial charge in [0.1, 0.15) is 5.82 Å². The van der Waals surface area contributed by atoms with Crippen molar-refractivity contribution in [2.75, 3.05) is 29.9 Å². The van der Waals surface area contributed by atoms with E-state index in [1.807, 2.05) is 47.1 Å². The monoisotopic (exact) mass is 364 g/mol. The van der Waals surface area contributed by atoms with Crippen LogP contribution in [0.1, 0.15) is 35.7 Å². The Morgan fingerprint density at radius 3 is 2.81 bits per heavy atom. The normalized spacial score (nSPS) is 18.5. The molecule has 6 heteroatoms. The topological polar surface area (TPSA) is 65.5 Å². The van der Waals surface area contributed by atoms with E-state index in [1.54, 1.807) is 6.20 Å². The summed E-state index contributed by atoms with van der Waals surface area (Å²) in [5.74, 6) is 0.919. The number of amides is 2. The Labute approximate surface area is 159 Å². The second-order valence-electron chi connectivity index (χ2n) is 7.09. The number of hydrogen-bond acceptors (Lipinski definition) is 4. The van der Waals surface area contributed by atoms with Gasteiger partial charge in [-0.2, -0.15) is 0 Å². The molecule has 1 N–H and O–H groups in total. The Morgan fingerprint density at radius 2 is 2.04 bits per heavy atom. The number of carbonyl (C=O) groups excluding carboxylic acids is 2. The molecule has 0 spiro atoms. The Balaban J connectivity index is 1.40. The van der Waals surface area contributed by atoms with Crippen molar-refractivity contribution in [2.45, 2.75) is 32.2 Å². The van der Waals surface area contributed by atoms with Gasteiger partial charge in [0.05, 0.1) is 5.56 Å². The minimum Gasteiger partial charge on any atom is -0.365 e. The van der Waals surface area contributed by atoms with Crippen LogP contribution in [0.25, 0.3) is 0 Å². The van der Waals surface area contributed by atoms with Crippen LogP contribution >= 0.6 is 0 Å². The molecule has 0 aliphatic carbocycles. The van der Waals surface area contributed by atoms with Gasteiger partial charge in [0.15, 0.2) is 0 Å². The van der Waals surface area contributed by atoms with Crippen LogP contribution < -0.4 is 10.2 Å². The maximum absolute atomic E-state index is 12.8. The molecule has 2 aliphatic rings. The highest BCUT2D eigenvalue weighted by Gasteiger charge is 2.27. The lowest BCUT2D eigenvalue weighted by Gasteiger charge is -2.18. The number of pyridine rings is 1. The second-order valence-corrected chi connectivity index (χ2v) is 7.09. The summed E-state index contributed by atoms with van der Waals surface area (Å²) in [6, 6.07) is 11.9. The Kier molecular flexibility index (Phi) is 4.79. The highest BCUT2D eigenvalue weighted by molar-refractivity contribution is 6.07. The van der Waals surface area contributed by atoms with Crippen LogP contribution in [0.15, 0.2) is 42.6 Å². The van der Waals surface area contributed by atoms with E-state index in [9.17, 15) is 9.59 Å². The fourth-order valence-electron chi connectivity index (χ4n) is 3.85. The molecule has 2 aliphatic heterocycles. The molecule has 2 aromatic rings. The molecule has 6 nitrogen and oxygen atoms in total. The molecule has 0 bridgehead atoms. The van der Waals surface area contributed by atoms with Crippen molar-refractivity contribution in [1.29, 1.82) is 0 Å². The summed E-state index contributed by atoms with van der Waals surface area (Å²) in [5.41, 5.74) is 2.80. The third kappa shape index (κ3) is 3.52. The van der Waals surface area contributed by atoms with Gasteiger partial charge in [-0.25, -0.2) is 4.98 Å². The first-order chi connectivity index (χ1) is 13.2. The molecule has 1 aromatic carbocycles. The van der Waals surface area contributed by atoms with Crippen molar-refractivity contribution >= 4 is 23.3 Å². The van der Waals surface area contributed by atoms with Crippen LogP contribution in [-0.4, -0.2) is 47.4 Å². The fourth-order valence-corrected chi connectivity index (χ4v) is 3.85. The molecule has 1 unspecified atom stereocenters. The highest BCUT2D eigenvalue weighted by Crippen LogP contribution is 2.28. The van der Waals surface area contributed by atoms with E-state index in [-0.39, 0.29) is 17.9 Å². The number of para-hydroxylation sites is 1. The predicted octanol–water partition coefficient (Wildman–Crippen LogP) is 2.71. The number of rotatable bonds is 4. The average Bonchev–Trinajstić information content (AvgIpc) is 3.34. The summed E-state index contributed by atoms with van der Waals surface area (Å²) in [6.45, 7) is 4.09. The van der Waals surface area contributed by atoms with Crippen LogP contribution in [0, 0.1) is 0 Å². The van der Waals surface area contributed by atoms with Crippen molar-refractivity contribution in [3.05, 3.63) is 53.7 Å². The number of anilines is 2. The number of aromatic nitrogens is 1. The molecule has 140 valence electrons. The maximum Gasteiger partial charge on any atom is 0.259 e. The van der Waals surface area contributed by atoms with E-state index in [4.69, 9.17) is 0 Å². The van der Waals surface area contributed by atoms with Gasteiger partial charge in [-0.05, 0) is 36.6 Å². The Hall–Kier alpha value is -2.89. The van der Waals surface area contributed by atoms with Crippen LogP contribution in [-0.2, 0) is 11.2 Å². The molecular weight excluding hydrogens is 340 g/mol. The van der Waals surface area contributed by atoms with E-state index in [1.165, 1.54) is 5.56 Å². The van der Waals surface area contributed by atoms with Gasteiger partial charge in [-0.3, -0.25) is 9.59 Å². The van der Waals surface area contributed by atoms with Crippen molar-refractivity contribution < 1.29 is 9.59 Å². The zero-order valence-corrected chi connectivity index (χ0v) is 15.5. The van der Waals surface area contributed by atoms with Crippen molar-refractivity contribution in [3.8, 4) is 0 Å². The van der Waals surface area contributed by atoms with Gasteiger partial charge in [0.25, 0.3) is 5.91 Å². The summed E-state index contributed by atoms with van der Waals surface area (Å²) in [6.07, 6.45) is 3.99. The maximum atomic E-state index is 12.8. The summed E-state index contributed by atoms with van der Waals surface area (Å²) < 4.78 is 0. The van der Waals surface area contributed by atoms with Gasteiger partial charge in [0, 0.05) is 44.0 Å². The predicted molar refractivity (Wildman–Crippen MR) is 105 cm³/mol. The van der Waals surface area contributed by atoms with E-state index in [0.717, 1.165) is 30.9 Å². The number of benzene rings is 1. The minimum atomic E-state index is -0.0143. The molecule has 1 saturated heterocycles. The minimum absolute atomic E-state index is 0.0143. The van der Waals surface area contributed by atoms with Gasteiger partial charge >= 0.3 is 0 Å². The third-order valence-electron chi connectivity index (χ3n) is 5.34.